The van der Waals surface area contributed by atoms with Gasteiger partial charge in [0.1, 0.15) is 22.8 Å². The summed E-state index contributed by atoms with van der Waals surface area (Å²) in [5.41, 5.74) is 1.93. The number of unbranched alkanes of at least 4 members (excludes halogenated alkanes) is 1. The van der Waals surface area contributed by atoms with Gasteiger partial charge in [0.25, 0.3) is 5.56 Å². The molecule has 1 aromatic heterocycles. The van der Waals surface area contributed by atoms with Gasteiger partial charge in [-0.3, -0.25) is 14.2 Å². The molecule has 1 amide bonds. The second kappa shape index (κ2) is 12.1. The predicted molar refractivity (Wildman–Crippen MR) is 148 cm³/mol. The highest BCUT2D eigenvalue weighted by atomic mass is 32.1. The molecule has 1 fully saturated rings. The lowest BCUT2D eigenvalue weighted by Gasteiger charge is -2.35. The summed E-state index contributed by atoms with van der Waals surface area (Å²) in [4.78, 5) is 33.5. The molecule has 7 nitrogen and oxygen atoms in total. The number of hydrogen-bond donors (Lipinski definition) is 2. The highest BCUT2D eigenvalue weighted by molar-refractivity contribution is 7.80. The molecule has 1 aliphatic heterocycles. The van der Waals surface area contributed by atoms with E-state index in [4.69, 9.17) is 22.3 Å². The van der Waals surface area contributed by atoms with Crippen LogP contribution in [0.2, 0.25) is 0 Å². The number of nitrogens with one attached hydrogen (secondary N) is 1. The van der Waals surface area contributed by atoms with Crippen LogP contribution in [-0.2, 0) is 11.2 Å². The Morgan fingerprint density at radius 3 is 2.58 bits per heavy atom. The van der Waals surface area contributed by atoms with Crippen molar-refractivity contribution in [2.45, 2.75) is 49.8 Å². The van der Waals surface area contributed by atoms with Crippen LogP contribution in [0.1, 0.15) is 60.5 Å². The zero-order valence-electron chi connectivity index (χ0n) is 21.3. The van der Waals surface area contributed by atoms with E-state index in [-0.39, 0.29) is 29.7 Å². The molecule has 5 rings (SSSR count). The van der Waals surface area contributed by atoms with Crippen LogP contribution in [0.3, 0.4) is 0 Å². The lowest BCUT2D eigenvalue weighted by molar-refractivity contribution is -0.131. The van der Waals surface area contributed by atoms with E-state index < -0.39 is 5.37 Å². The normalized spacial score (nSPS) is 17.1. The summed E-state index contributed by atoms with van der Waals surface area (Å²) in [5, 5.41) is 2.56. The minimum absolute atomic E-state index is 0.0908. The number of thiol groups is 1. The van der Waals surface area contributed by atoms with Crippen molar-refractivity contribution in [3.05, 3.63) is 87.9 Å². The largest absolute Gasteiger partial charge is 0.494 e. The molecule has 2 aliphatic rings. The molecular weight excluding hydrogens is 503 g/mol. The van der Waals surface area contributed by atoms with Crippen LogP contribution in [0.15, 0.2) is 59.4 Å². The fourth-order valence-electron chi connectivity index (χ4n) is 4.95. The maximum absolute atomic E-state index is 13.8. The van der Waals surface area contributed by atoms with Gasteiger partial charge in [0.05, 0.1) is 30.1 Å². The minimum Gasteiger partial charge on any atom is -0.494 e. The number of para-hydroxylation sites is 1. The summed E-state index contributed by atoms with van der Waals surface area (Å²) in [7, 11) is 0. The molecule has 2 heterocycles. The average Bonchev–Trinajstić information content (AvgIpc) is 2.88. The van der Waals surface area contributed by atoms with Crippen molar-refractivity contribution in [3.63, 3.8) is 0 Å². The highest BCUT2D eigenvalue weighted by Gasteiger charge is 2.35. The van der Waals surface area contributed by atoms with Gasteiger partial charge in [0, 0.05) is 18.9 Å². The van der Waals surface area contributed by atoms with Gasteiger partial charge in [0.15, 0.2) is 0 Å². The van der Waals surface area contributed by atoms with Gasteiger partial charge in [-0.05, 0) is 68.6 Å². The first kappa shape index (κ1) is 26.4. The summed E-state index contributed by atoms with van der Waals surface area (Å²) in [6.45, 7) is 1.84. The first-order chi connectivity index (χ1) is 18.5. The summed E-state index contributed by atoms with van der Waals surface area (Å²) in [6, 6.07) is 15.6. The Bertz CT molecular complexity index is 1310. The number of rotatable bonds is 10. The smallest absolute Gasteiger partial charge is 0.264 e. The van der Waals surface area contributed by atoms with Crippen molar-refractivity contribution in [2.24, 2.45) is 0 Å². The summed E-state index contributed by atoms with van der Waals surface area (Å²) in [6.07, 6.45) is 5.41. The number of halogens is 1. The highest BCUT2D eigenvalue weighted by Crippen LogP contribution is 2.37. The Kier molecular flexibility index (Phi) is 8.44. The molecular formula is C29H33FN4O3S. The number of aromatic nitrogens is 2. The predicted octanol–water partition coefficient (Wildman–Crippen LogP) is 4.40. The standard InChI is InChI=1S/C29H33FN4O3S/c30-21-11-13-23(14-12-21)37-18-5-4-16-31-19-25(35)33-17-15-24-26(29(33)38)28(36)34(22-9-2-1-3-10-22)27(32-24)20-7-6-8-20/h1-3,9-14,20,29,31,38H,4-8,15-19H2. The fourth-order valence-corrected chi connectivity index (χ4v) is 5.45. The monoisotopic (exact) mass is 536 g/mol. The number of amides is 1. The number of nitrogens with zero attached hydrogens (tertiary/aromatic N) is 3. The third-order valence-electron chi connectivity index (χ3n) is 7.28. The Labute approximate surface area is 227 Å². The maximum atomic E-state index is 13.8. The van der Waals surface area contributed by atoms with E-state index >= 15 is 0 Å². The molecule has 2 aromatic carbocycles. The first-order valence-corrected chi connectivity index (χ1v) is 13.8. The Morgan fingerprint density at radius 2 is 1.87 bits per heavy atom. The fraction of sp³-hybridized carbons (Fsp3) is 0.414. The molecule has 1 atom stereocenters. The van der Waals surface area contributed by atoms with Gasteiger partial charge in [-0.25, -0.2) is 9.37 Å². The summed E-state index contributed by atoms with van der Waals surface area (Å²) < 4.78 is 20.3. The number of ether oxygens (including phenoxy) is 1. The molecule has 200 valence electrons. The quantitative estimate of drug-likeness (QED) is 0.297. The zero-order chi connectivity index (χ0) is 26.5. The Morgan fingerprint density at radius 1 is 1.11 bits per heavy atom. The van der Waals surface area contributed by atoms with E-state index in [9.17, 15) is 14.0 Å². The van der Waals surface area contributed by atoms with Crippen LogP contribution in [-0.4, -0.2) is 46.6 Å². The molecule has 3 aromatic rings. The summed E-state index contributed by atoms with van der Waals surface area (Å²) in [5.74, 6) is 1.38. The first-order valence-electron chi connectivity index (χ1n) is 13.3. The molecule has 0 bridgehead atoms. The van der Waals surface area contributed by atoms with Crippen LogP contribution in [0, 0.1) is 5.82 Å². The maximum Gasteiger partial charge on any atom is 0.264 e. The third kappa shape index (κ3) is 5.78. The van der Waals surface area contributed by atoms with Gasteiger partial charge in [0.2, 0.25) is 5.91 Å². The number of carbonyl (C=O) groups excluding carboxylic acids is 1. The SMILES string of the molecule is O=C(CNCCCCOc1ccc(F)cc1)N1CCc2nc(C3CCC3)n(-c3ccccc3)c(=O)c2C1S. The van der Waals surface area contributed by atoms with Gasteiger partial charge in [-0.1, -0.05) is 24.6 Å². The van der Waals surface area contributed by atoms with E-state index in [0.717, 1.165) is 49.3 Å². The third-order valence-corrected chi connectivity index (χ3v) is 7.81. The topological polar surface area (TPSA) is 76.5 Å². The Balaban J connectivity index is 1.19. The van der Waals surface area contributed by atoms with Gasteiger partial charge >= 0.3 is 0 Å². The molecule has 1 aliphatic carbocycles. The van der Waals surface area contributed by atoms with E-state index in [1.165, 1.54) is 12.1 Å². The van der Waals surface area contributed by atoms with Crippen molar-refractivity contribution in [2.75, 3.05) is 26.2 Å². The molecule has 38 heavy (non-hydrogen) atoms. The number of fused-ring (bicyclic) bond motifs is 1. The Hall–Kier alpha value is -3.17. The molecule has 0 saturated heterocycles. The number of hydrogen-bond acceptors (Lipinski definition) is 6. The molecule has 1 unspecified atom stereocenters. The van der Waals surface area contributed by atoms with E-state index in [2.05, 4.69) is 5.32 Å². The van der Waals surface area contributed by atoms with E-state index in [1.807, 2.05) is 30.3 Å². The molecule has 1 saturated carbocycles. The van der Waals surface area contributed by atoms with Crippen molar-refractivity contribution >= 4 is 18.5 Å². The van der Waals surface area contributed by atoms with Gasteiger partial charge in [-0.2, -0.15) is 0 Å². The average molecular weight is 537 g/mol. The van der Waals surface area contributed by atoms with Crippen LogP contribution >= 0.6 is 12.6 Å². The second-order valence-corrected chi connectivity index (χ2v) is 10.3. The van der Waals surface area contributed by atoms with Crippen LogP contribution < -0.4 is 15.6 Å². The van der Waals surface area contributed by atoms with E-state index in [1.54, 1.807) is 21.6 Å². The minimum atomic E-state index is -0.637. The van der Waals surface area contributed by atoms with Crippen LogP contribution in [0.5, 0.6) is 5.75 Å². The van der Waals surface area contributed by atoms with Crippen LogP contribution in [0.4, 0.5) is 4.39 Å². The summed E-state index contributed by atoms with van der Waals surface area (Å²) >= 11 is 4.74. The van der Waals surface area contributed by atoms with Crippen molar-refractivity contribution < 1.29 is 13.9 Å². The van der Waals surface area contributed by atoms with Crippen molar-refractivity contribution in [1.82, 2.24) is 19.8 Å². The molecule has 0 spiro atoms. The molecule has 0 radical (unpaired) electrons. The second-order valence-electron chi connectivity index (χ2n) is 9.83. The lowest BCUT2D eigenvalue weighted by atomic mass is 9.84. The van der Waals surface area contributed by atoms with Gasteiger partial charge < -0.3 is 15.0 Å². The number of carbonyl (C=O) groups is 1. The van der Waals surface area contributed by atoms with Crippen LogP contribution in [0.25, 0.3) is 5.69 Å². The van der Waals surface area contributed by atoms with Gasteiger partial charge in [-0.15, -0.1) is 12.6 Å². The van der Waals surface area contributed by atoms with Crippen molar-refractivity contribution in [3.8, 4) is 11.4 Å². The lowest BCUT2D eigenvalue weighted by Crippen LogP contribution is -2.46. The number of benzene rings is 2. The van der Waals surface area contributed by atoms with Crippen molar-refractivity contribution in [1.29, 1.82) is 0 Å². The zero-order valence-corrected chi connectivity index (χ0v) is 22.2. The molecule has 9 heteroatoms. The molecule has 1 N–H and O–H groups in total. The van der Waals surface area contributed by atoms with E-state index in [0.29, 0.717) is 37.4 Å².